The highest BCUT2D eigenvalue weighted by Gasteiger charge is 2.20. The van der Waals surface area contributed by atoms with Crippen LogP contribution in [0.25, 0.3) is 6.08 Å². The van der Waals surface area contributed by atoms with Crippen LogP contribution in [0.1, 0.15) is 23.6 Å². The molecule has 0 radical (unpaired) electrons. The molecule has 0 saturated carbocycles. The minimum absolute atomic E-state index is 0.0436. The molecule has 1 amide bonds. The fourth-order valence-electron chi connectivity index (χ4n) is 2.49. The van der Waals surface area contributed by atoms with Crippen LogP contribution in [-0.2, 0) is 4.79 Å². The van der Waals surface area contributed by atoms with E-state index >= 15 is 0 Å². The van der Waals surface area contributed by atoms with Gasteiger partial charge in [-0.05, 0) is 41.8 Å². The van der Waals surface area contributed by atoms with Crippen molar-refractivity contribution in [2.75, 3.05) is 5.75 Å². The van der Waals surface area contributed by atoms with Crippen molar-refractivity contribution in [2.45, 2.75) is 17.4 Å². The lowest BCUT2D eigenvalue weighted by atomic mass is 10.0. The lowest BCUT2D eigenvalue weighted by molar-refractivity contribution is -0.117. The average molecular weight is 313 g/mol. The van der Waals surface area contributed by atoms with Gasteiger partial charge in [0.1, 0.15) is 5.82 Å². The van der Waals surface area contributed by atoms with Gasteiger partial charge in [0, 0.05) is 16.7 Å². The van der Waals surface area contributed by atoms with Gasteiger partial charge >= 0.3 is 0 Å². The number of thioether (sulfide) groups is 1. The second-order valence-corrected chi connectivity index (χ2v) is 6.26. The molecule has 1 heterocycles. The van der Waals surface area contributed by atoms with Crippen molar-refractivity contribution in [3.05, 3.63) is 71.6 Å². The van der Waals surface area contributed by atoms with E-state index in [2.05, 4.69) is 17.4 Å². The van der Waals surface area contributed by atoms with Crippen molar-refractivity contribution in [3.63, 3.8) is 0 Å². The maximum absolute atomic E-state index is 13.1. The van der Waals surface area contributed by atoms with Gasteiger partial charge in [0.05, 0.1) is 6.04 Å². The SMILES string of the molecule is O=C(/C=C/c1cccc(F)c1)N[C@@H]1CCSc2ccccc21. The molecule has 1 aliphatic rings. The molecular weight excluding hydrogens is 297 g/mol. The summed E-state index contributed by atoms with van der Waals surface area (Å²) in [5, 5.41) is 3.03. The van der Waals surface area contributed by atoms with Crippen molar-refractivity contribution in [2.24, 2.45) is 0 Å². The van der Waals surface area contributed by atoms with Crippen LogP contribution in [0.2, 0.25) is 0 Å². The van der Waals surface area contributed by atoms with Gasteiger partial charge < -0.3 is 5.32 Å². The van der Waals surface area contributed by atoms with Crippen LogP contribution < -0.4 is 5.32 Å². The maximum Gasteiger partial charge on any atom is 0.244 e. The summed E-state index contributed by atoms with van der Waals surface area (Å²) in [6, 6.07) is 14.4. The van der Waals surface area contributed by atoms with Crippen LogP contribution in [-0.4, -0.2) is 11.7 Å². The van der Waals surface area contributed by atoms with E-state index in [9.17, 15) is 9.18 Å². The van der Waals surface area contributed by atoms with Gasteiger partial charge in [-0.15, -0.1) is 11.8 Å². The van der Waals surface area contributed by atoms with E-state index in [1.807, 2.05) is 23.9 Å². The lowest BCUT2D eigenvalue weighted by Gasteiger charge is -2.25. The van der Waals surface area contributed by atoms with E-state index in [0.717, 1.165) is 12.2 Å². The van der Waals surface area contributed by atoms with Gasteiger partial charge in [-0.1, -0.05) is 30.3 Å². The molecule has 0 spiro atoms. The summed E-state index contributed by atoms with van der Waals surface area (Å²) in [5.74, 6) is 0.534. The van der Waals surface area contributed by atoms with Crippen LogP contribution in [0.5, 0.6) is 0 Å². The first kappa shape index (κ1) is 14.9. The first-order chi connectivity index (χ1) is 10.7. The fourth-order valence-corrected chi connectivity index (χ4v) is 3.62. The Bertz CT molecular complexity index is 714. The van der Waals surface area contributed by atoms with Crippen molar-refractivity contribution in [1.29, 1.82) is 0 Å². The number of halogens is 1. The topological polar surface area (TPSA) is 29.1 Å². The van der Waals surface area contributed by atoms with Gasteiger partial charge in [0.15, 0.2) is 0 Å². The third-order valence-corrected chi connectivity index (χ3v) is 4.67. The van der Waals surface area contributed by atoms with Crippen LogP contribution >= 0.6 is 11.8 Å². The van der Waals surface area contributed by atoms with E-state index in [1.54, 1.807) is 18.2 Å². The second kappa shape index (κ2) is 6.79. The highest BCUT2D eigenvalue weighted by Crippen LogP contribution is 2.35. The van der Waals surface area contributed by atoms with E-state index in [0.29, 0.717) is 5.56 Å². The minimum atomic E-state index is -0.305. The fraction of sp³-hybridized carbons (Fsp3) is 0.167. The molecule has 2 aromatic rings. The molecule has 0 saturated heterocycles. The summed E-state index contributed by atoms with van der Waals surface area (Å²) in [4.78, 5) is 13.3. The number of benzene rings is 2. The van der Waals surface area contributed by atoms with Gasteiger partial charge in [-0.25, -0.2) is 4.39 Å². The average Bonchev–Trinajstić information content (AvgIpc) is 2.53. The van der Waals surface area contributed by atoms with E-state index in [4.69, 9.17) is 0 Å². The van der Waals surface area contributed by atoms with Gasteiger partial charge in [0.25, 0.3) is 0 Å². The number of amides is 1. The first-order valence-electron chi connectivity index (χ1n) is 7.18. The number of fused-ring (bicyclic) bond motifs is 1. The summed E-state index contributed by atoms with van der Waals surface area (Å²) in [7, 11) is 0. The molecule has 4 heteroatoms. The van der Waals surface area contributed by atoms with E-state index in [-0.39, 0.29) is 17.8 Å². The summed E-state index contributed by atoms with van der Waals surface area (Å²) in [5.41, 5.74) is 1.85. The van der Waals surface area contributed by atoms with Crippen LogP contribution in [0.3, 0.4) is 0 Å². The normalized spacial score (nSPS) is 17.2. The van der Waals surface area contributed by atoms with Crippen molar-refractivity contribution in [1.82, 2.24) is 5.32 Å². The summed E-state index contributed by atoms with van der Waals surface area (Å²) >= 11 is 1.82. The number of rotatable bonds is 3. The Labute approximate surface area is 133 Å². The molecule has 1 aliphatic heterocycles. The molecule has 0 aromatic heterocycles. The molecule has 2 nitrogen and oxygen atoms in total. The monoisotopic (exact) mass is 313 g/mol. The quantitative estimate of drug-likeness (QED) is 0.861. The predicted molar refractivity (Wildman–Crippen MR) is 88.1 cm³/mol. The molecular formula is C18H16FNOS. The number of carbonyl (C=O) groups is 1. The number of hydrogen-bond donors (Lipinski definition) is 1. The Balaban J connectivity index is 1.68. The molecule has 3 rings (SSSR count). The van der Waals surface area contributed by atoms with E-state index < -0.39 is 0 Å². The molecule has 1 atom stereocenters. The maximum atomic E-state index is 13.1. The Morgan fingerprint density at radius 2 is 2.09 bits per heavy atom. The number of hydrogen-bond acceptors (Lipinski definition) is 2. The molecule has 0 fully saturated rings. The third-order valence-electron chi connectivity index (χ3n) is 3.55. The zero-order valence-electron chi connectivity index (χ0n) is 12.0. The van der Waals surface area contributed by atoms with Gasteiger partial charge in [-0.3, -0.25) is 4.79 Å². The highest BCUT2D eigenvalue weighted by atomic mass is 32.2. The smallest absolute Gasteiger partial charge is 0.244 e. The van der Waals surface area contributed by atoms with Gasteiger partial charge in [-0.2, -0.15) is 0 Å². The first-order valence-corrected chi connectivity index (χ1v) is 8.17. The largest absolute Gasteiger partial charge is 0.346 e. The Hall–Kier alpha value is -2.07. The molecule has 0 bridgehead atoms. The number of carbonyl (C=O) groups excluding carboxylic acids is 1. The molecule has 2 aromatic carbocycles. The van der Waals surface area contributed by atoms with Crippen LogP contribution in [0, 0.1) is 5.82 Å². The van der Waals surface area contributed by atoms with E-state index in [1.165, 1.54) is 28.7 Å². The molecule has 0 aliphatic carbocycles. The summed E-state index contributed by atoms with van der Waals surface area (Å²) < 4.78 is 13.1. The van der Waals surface area contributed by atoms with Crippen LogP contribution in [0.15, 0.2) is 59.5 Å². The van der Waals surface area contributed by atoms with Crippen molar-refractivity contribution < 1.29 is 9.18 Å². The van der Waals surface area contributed by atoms with Crippen LogP contribution in [0.4, 0.5) is 4.39 Å². The lowest BCUT2D eigenvalue weighted by Crippen LogP contribution is -2.29. The van der Waals surface area contributed by atoms with Gasteiger partial charge in [0.2, 0.25) is 5.91 Å². The molecule has 0 unspecified atom stereocenters. The van der Waals surface area contributed by atoms with Crippen molar-refractivity contribution >= 4 is 23.7 Å². The van der Waals surface area contributed by atoms with Crippen molar-refractivity contribution in [3.8, 4) is 0 Å². The molecule has 1 N–H and O–H groups in total. The molecule has 112 valence electrons. The number of nitrogens with one attached hydrogen (secondary N) is 1. The summed E-state index contributed by atoms with van der Waals surface area (Å²) in [6.07, 6.45) is 4.00. The minimum Gasteiger partial charge on any atom is -0.346 e. The zero-order chi connectivity index (χ0) is 15.4. The highest BCUT2D eigenvalue weighted by molar-refractivity contribution is 7.99. The Morgan fingerprint density at radius 3 is 2.95 bits per heavy atom. The third kappa shape index (κ3) is 3.57. The standard InChI is InChI=1S/C18H16FNOS/c19-14-5-3-4-13(12-14)8-9-18(21)20-16-10-11-22-17-7-2-1-6-15(16)17/h1-9,12,16H,10-11H2,(H,20,21)/b9-8+/t16-/m1/s1. The zero-order valence-corrected chi connectivity index (χ0v) is 12.8. The predicted octanol–water partition coefficient (Wildman–Crippen LogP) is 4.19. The Morgan fingerprint density at radius 1 is 1.23 bits per heavy atom. The Kier molecular flexibility index (Phi) is 4.59. The summed E-state index contributed by atoms with van der Waals surface area (Å²) in [6.45, 7) is 0. The molecule has 22 heavy (non-hydrogen) atoms. The second-order valence-electron chi connectivity index (χ2n) is 5.12.